The molecule has 1 amide bonds. The molecule has 0 aromatic heterocycles. The van der Waals surface area contributed by atoms with Crippen LogP contribution in [0.1, 0.15) is 37.3 Å². The van der Waals surface area contributed by atoms with E-state index >= 15 is 0 Å². The molecule has 18 heavy (non-hydrogen) atoms. The fourth-order valence-corrected chi connectivity index (χ4v) is 3.95. The molecular weight excluding hydrogens is 246 g/mol. The first kappa shape index (κ1) is 12.0. The van der Waals surface area contributed by atoms with Crippen LogP contribution in [-0.2, 0) is 16.6 Å². The average molecular weight is 264 g/mol. The summed E-state index contributed by atoms with van der Waals surface area (Å²) in [7, 11) is 1.95. The van der Waals surface area contributed by atoms with E-state index in [0.29, 0.717) is 12.5 Å². The lowest BCUT2D eigenvalue weighted by molar-refractivity contribution is -0.138. The first-order valence-corrected chi connectivity index (χ1v) is 6.95. The summed E-state index contributed by atoms with van der Waals surface area (Å²) >= 11 is 6.08. The summed E-state index contributed by atoms with van der Waals surface area (Å²) < 4.78 is 0. The number of likely N-dealkylation sites (tertiary alicyclic amines) is 1. The summed E-state index contributed by atoms with van der Waals surface area (Å²) in [6.45, 7) is 2.30. The number of rotatable bonds is 0. The van der Waals surface area contributed by atoms with Crippen LogP contribution in [0.5, 0.6) is 0 Å². The van der Waals surface area contributed by atoms with Gasteiger partial charge in [0.15, 0.2) is 0 Å². The number of carbonyl (C=O) groups is 1. The molecule has 0 N–H and O–H groups in total. The molecule has 2 atom stereocenters. The highest BCUT2D eigenvalue weighted by Gasteiger charge is 2.46. The molecule has 2 nitrogen and oxygen atoms in total. The van der Waals surface area contributed by atoms with E-state index in [9.17, 15) is 4.79 Å². The third-order valence-corrected chi connectivity index (χ3v) is 5.06. The Morgan fingerprint density at radius 3 is 2.94 bits per heavy atom. The SMILES string of the molecule is CN1C(=O)CC[C@@]2(C)c3ccc(Cl)cc3CC[C@@H]12. The molecule has 1 aromatic carbocycles. The quantitative estimate of drug-likeness (QED) is 0.704. The topological polar surface area (TPSA) is 20.3 Å². The van der Waals surface area contributed by atoms with Gasteiger partial charge in [-0.15, -0.1) is 0 Å². The lowest BCUT2D eigenvalue weighted by atomic mass is 9.63. The summed E-state index contributed by atoms with van der Waals surface area (Å²) in [6.07, 6.45) is 3.68. The van der Waals surface area contributed by atoms with E-state index in [1.54, 1.807) is 0 Å². The van der Waals surface area contributed by atoms with Crippen molar-refractivity contribution >= 4 is 17.5 Å². The van der Waals surface area contributed by atoms with Gasteiger partial charge in [0.25, 0.3) is 0 Å². The van der Waals surface area contributed by atoms with E-state index in [-0.39, 0.29) is 11.3 Å². The molecule has 0 radical (unpaired) electrons. The number of hydrogen-bond acceptors (Lipinski definition) is 1. The molecule has 0 spiro atoms. The van der Waals surface area contributed by atoms with Gasteiger partial charge in [0.05, 0.1) is 0 Å². The molecular formula is C15H18ClNO. The Labute approximate surface area is 113 Å². The second-order valence-electron chi connectivity index (χ2n) is 5.78. The van der Waals surface area contributed by atoms with Crippen LogP contribution in [0.15, 0.2) is 18.2 Å². The van der Waals surface area contributed by atoms with Crippen molar-refractivity contribution < 1.29 is 4.79 Å². The summed E-state index contributed by atoms with van der Waals surface area (Å²) in [4.78, 5) is 13.8. The van der Waals surface area contributed by atoms with Crippen LogP contribution in [0.4, 0.5) is 0 Å². The number of fused-ring (bicyclic) bond motifs is 3. The largest absolute Gasteiger partial charge is 0.342 e. The Kier molecular flexibility index (Phi) is 2.67. The maximum atomic E-state index is 11.9. The van der Waals surface area contributed by atoms with Crippen molar-refractivity contribution in [2.75, 3.05) is 7.05 Å². The highest BCUT2D eigenvalue weighted by molar-refractivity contribution is 6.30. The van der Waals surface area contributed by atoms with E-state index in [1.165, 1.54) is 11.1 Å². The summed E-state index contributed by atoms with van der Waals surface area (Å²) in [6, 6.07) is 6.57. The third kappa shape index (κ3) is 1.58. The summed E-state index contributed by atoms with van der Waals surface area (Å²) in [5.41, 5.74) is 2.85. The van der Waals surface area contributed by atoms with Crippen molar-refractivity contribution in [2.24, 2.45) is 0 Å². The van der Waals surface area contributed by atoms with E-state index in [4.69, 9.17) is 11.6 Å². The minimum absolute atomic E-state index is 0.0980. The van der Waals surface area contributed by atoms with Crippen molar-refractivity contribution in [1.29, 1.82) is 0 Å². The van der Waals surface area contributed by atoms with Crippen molar-refractivity contribution in [1.82, 2.24) is 4.90 Å². The van der Waals surface area contributed by atoms with Gasteiger partial charge in [-0.25, -0.2) is 0 Å². The molecule has 0 saturated carbocycles. The first-order chi connectivity index (χ1) is 8.52. The lowest BCUT2D eigenvalue weighted by Crippen LogP contribution is -2.56. The monoisotopic (exact) mass is 263 g/mol. The molecule has 1 aromatic rings. The van der Waals surface area contributed by atoms with Gasteiger partial charge in [0.2, 0.25) is 5.91 Å². The number of benzene rings is 1. The van der Waals surface area contributed by atoms with E-state index in [1.807, 2.05) is 18.0 Å². The second kappa shape index (κ2) is 3.99. The normalized spacial score (nSPS) is 30.9. The van der Waals surface area contributed by atoms with Crippen molar-refractivity contribution in [3.63, 3.8) is 0 Å². The maximum absolute atomic E-state index is 11.9. The van der Waals surface area contributed by atoms with Gasteiger partial charge in [-0.3, -0.25) is 4.79 Å². The summed E-state index contributed by atoms with van der Waals surface area (Å²) in [5, 5.41) is 0.816. The minimum Gasteiger partial charge on any atom is -0.342 e. The van der Waals surface area contributed by atoms with E-state index < -0.39 is 0 Å². The molecule has 3 rings (SSSR count). The highest BCUT2D eigenvalue weighted by atomic mass is 35.5. The Balaban J connectivity index is 2.09. The number of nitrogens with zero attached hydrogens (tertiary/aromatic N) is 1. The standard InChI is InChI=1S/C15H18ClNO/c1-15-8-7-14(18)17(2)13(15)6-3-10-9-11(16)4-5-12(10)15/h4-5,9,13H,3,6-8H2,1-2H3/t13-,15+/m1/s1. The van der Waals surface area contributed by atoms with Crippen molar-refractivity contribution in [3.8, 4) is 0 Å². The summed E-state index contributed by atoms with van der Waals surface area (Å²) in [5.74, 6) is 0.287. The van der Waals surface area contributed by atoms with Gasteiger partial charge in [-0.1, -0.05) is 24.6 Å². The van der Waals surface area contributed by atoms with Crippen LogP contribution in [0, 0.1) is 0 Å². The Morgan fingerprint density at radius 1 is 1.39 bits per heavy atom. The van der Waals surface area contributed by atoms with Crippen LogP contribution < -0.4 is 0 Å². The fraction of sp³-hybridized carbons (Fsp3) is 0.533. The Bertz CT molecular complexity index is 513. The van der Waals surface area contributed by atoms with Crippen molar-refractivity contribution in [3.05, 3.63) is 34.3 Å². The first-order valence-electron chi connectivity index (χ1n) is 6.57. The Morgan fingerprint density at radius 2 is 2.17 bits per heavy atom. The zero-order chi connectivity index (χ0) is 12.9. The molecule has 1 saturated heterocycles. The number of halogens is 1. The molecule has 96 valence electrons. The fourth-order valence-electron chi connectivity index (χ4n) is 3.76. The smallest absolute Gasteiger partial charge is 0.222 e. The molecule has 3 heteroatoms. The predicted molar refractivity (Wildman–Crippen MR) is 72.9 cm³/mol. The molecule has 1 heterocycles. The zero-order valence-corrected chi connectivity index (χ0v) is 11.6. The number of amides is 1. The molecule has 0 unspecified atom stereocenters. The number of hydrogen-bond donors (Lipinski definition) is 0. The van der Waals surface area contributed by atoms with Crippen LogP contribution in [0.3, 0.4) is 0 Å². The van der Waals surface area contributed by atoms with E-state index in [2.05, 4.69) is 19.1 Å². The van der Waals surface area contributed by atoms with Gasteiger partial charge in [-0.05, 0) is 42.5 Å². The van der Waals surface area contributed by atoms with Gasteiger partial charge in [-0.2, -0.15) is 0 Å². The third-order valence-electron chi connectivity index (χ3n) is 4.82. The average Bonchev–Trinajstić information content (AvgIpc) is 2.34. The van der Waals surface area contributed by atoms with E-state index in [0.717, 1.165) is 24.3 Å². The van der Waals surface area contributed by atoms with Crippen molar-refractivity contribution in [2.45, 2.75) is 44.1 Å². The lowest BCUT2D eigenvalue weighted by Gasteiger charge is -2.50. The van der Waals surface area contributed by atoms with Crippen LogP contribution in [-0.4, -0.2) is 23.9 Å². The predicted octanol–water partition coefficient (Wildman–Crippen LogP) is 3.16. The molecule has 1 aliphatic carbocycles. The molecule has 1 fully saturated rings. The van der Waals surface area contributed by atoms with Gasteiger partial charge >= 0.3 is 0 Å². The van der Waals surface area contributed by atoms with Gasteiger partial charge in [0.1, 0.15) is 0 Å². The molecule has 0 bridgehead atoms. The maximum Gasteiger partial charge on any atom is 0.222 e. The number of carbonyl (C=O) groups excluding carboxylic acids is 1. The Hall–Kier alpha value is -1.02. The van der Waals surface area contributed by atoms with Gasteiger partial charge < -0.3 is 4.90 Å². The zero-order valence-electron chi connectivity index (χ0n) is 10.9. The minimum atomic E-state index is 0.0980. The molecule has 1 aliphatic heterocycles. The van der Waals surface area contributed by atoms with Crippen LogP contribution >= 0.6 is 11.6 Å². The van der Waals surface area contributed by atoms with Gasteiger partial charge in [0, 0.05) is 29.9 Å². The second-order valence-corrected chi connectivity index (χ2v) is 6.21. The molecule has 2 aliphatic rings. The number of aryl methyl sites for hydroxylation is 1. The number of piperidine rings is 1. The highest BCUT2D eigenvalue weighted by Crippen LogP contribution is 2.45. The van der Waals surface area contributed by atoms with Crippen LogP contribution in [0.2, 0.25) is 5.02 Å². The number of likely N-dealkylation sites (N-methyl/N-ethyl adjacent to an activating group) is 1. The van der Waals surface area contributed by atoms with Crippen LogP contribution in [0.25, 0.3) is 0 Å².